The zero-order valence-corrected chi connectivity index (χ0v) is 18.8. The fourth-order valence-corrected chi connectivity index (χ4v) is 4.53. The summed E-state index contributed by atoms with van der Waals surface area (Å²) in [5.74, 6) is 1.83. The van der Waals surface area contributed by atoms with Gasteiger partial charge < -0.3 is 14.8 Å². The van der Waals surface area contributed by atoms with E-state index in [4.69, 9.17) is 19.7 Å². The van der Waals surface area contributed by atoms with Gasteiger partial charge in [-0.3, -0.25) is 4.40 Å². The number of nitrogens with zero attached hydrogens (tertiary/aromatic N) is 3. The summed E-state index contributed by atoms with van der Waals surface area (Å²) < 4.78 is 14.6. The molecule has 6 nitrogen and oxygen atoms in total. The van der Waals surface area contributed by atoms with E-state index in [-0.39, 0.29) is 6.10 Å². The average molecular weight is 435 g/mol. The first-order valence-corrected chi connectivity index (χ1v) is 11.4. The molecule has 0 fully saturated rings. The summed E-state index contributed by atoms with van der Waals surface area (Å²) in [4.78, 5) is 5.86. The zero-order valence-electron chi connectivity index (χ0n) is 18.0. The summed E-state index contributed by atoms with van der Waals surface area (Å²) in [5, 5.41) is 12.7. The van der Waals surface area contributed by atoms with Crippen molar-refractivity contribution in [3.63, 3.8) is 0 Å². The predicted molar refractivity (Wildman–Crippen MR) is 126 cm³/mol. The topological polar surface area (TPSA) is 71.6 Å². The summed E-state index contributed by atoms with van der Waals surface area (Å²) in [7, 11) is 0. The third-order valence-corrected chi connectivity index (χ3v) is 5.89. The van der Waals surface area contributed by atoms with E-state index in [1.165, 1.54) is 0 Å². The van der Waals surface area contributed by atoms with Crippen LogP contribution in [0.25, 0.3) is 26.4 Å². The molecule has 7 heteroatoms. The Labute approximate surface area is 186 Å². The van der Waals surface area contributed by atoms with Crippen LogP contribution < -0.4 is 10.1 Å². The molecule has 0 aliphatic heterocycles. The minimum absolute atomic E-state index is 0.233. The van der Waals surface area contributed by atoms with Crippen LogP contribution >= 0.6 is 11.3 Å². The Balaban J connectivity index is 1.73. The van der Waals surface area contributed by atoms with Crippen molar-refractivity contribution in [2.45, 2.75) is 33.3 Å². The fourth-order valence-electron chi connectivity index (χ4n) is 3.47. The van der Waals surface area contributed by atoms with Crippen molar-refractivity contribution in [2.75, 3.05) is 25.1 Å². The van der Waals surface area contributed by atoms with Gasteiger partial charge in [-0.25, -0.2) is 4.98 Å². The summed E-state index contributed by atoms with van der Waals surface area (Å²) in [5.41, 5.74) is 3.60. The Morgan fingerprint density at radius 2 is 2.00 bits per heavy atom. The van der Waals surface area contributed by atoms with E-state index in [0.717, 1.165) is 51.0 Å². The van der Waals surface area contributed by atoms with E-state index in [1.54, 1.807) is 11.3 Å². The number of imidazole rings is 1. The maximum absolute atomic E-state index is 9.12. The van der Waals surface area contributed by atoms with Crippen LogP contribution in [-0.4, -0.2) is 35.2 Å². The number of hydrogen-bond donors (Lipinski definition) is 1. The van der Waals surface area contributed by atoms with E-state index in [1.807, 2.05) is 51.1 Å². The van der Waals surface area contributed by atoms with Gasteiger partial charge in [0.1, 0.15) is 17.3 Å². The highest BCUT2D eigenvalue weighted by molar-refractivity contribution is 7.23. The third-order valence-electron chi connectivity index (χ3n) is 4.88. The number of aromatic nitrogens is 2. The number of hydrogen-bond acceptors (Lipinski definition) is 6. The molecule has 4 rings (SSSR count). The predicted octanol–water partition coefficient (Wildman–Crippen LogP) is 5.71. The second kappa shape index (κ2) is 9.38. The maximum atomic E-state index is 9.12. The second-order valence-corrected chi connectivity index (χ2v) is 8.49. The van der Waals surface area contributed by atoms with Crippen LogP contribution in [0, 0.1) is 11.3 Å². The average Bonchev–Trinajstić information content (AvgIpc) is 3.29. The van der Waals surface area contributed by atoms with Gasteiger partial charge in [0.15, 0.2) is 4.96 Å². The maximum Gasteiger partial charge on any atom is 0.197 e. The van der Waals surface area contributed by atoms with Crippen molar-refractivity contribution in [3.8, 4) is 23.1 Å². The highest BCUT2D eigenvalue weighted by Gasteiger charge is 2.18. The highest BCUT2D eigenvalue weighted by atomic mass is 32.1. The lowest BCUT2D eigenvalue weighted by Gasteiger charge is -2.11. The monoisotopic (exact) mass is 434 g/mol. The smallest absolute Gasteiger partial charge is 0.197 e. The van der Waals surface area contributed by atoms with Crippen molar-refractivity contribution in [3.05, 3.63) is 48.0 Å². The van der Waals surface area contributed by atoms with E-state index >= 15 is 0 Å². The van der Waals surface area contributed by atoms with Crippen LogP contribution in [0.5, 0.6) is 5.75 Å². The summed E-state index contributed by atoms with van der Waals surface area (Å²) in [6.07, 6.45) is 1.13. The number of benzene rings is 2. The Morgan fingerprint density at radius 1 is 1.19 bits per heavy atom. The normalized spacial score (nSPS) is 11.3. The molecule has 1 N–H and O–H groups in total. The summed E-state index contributed by atoms with van der Waals surface area (Å²) in [6, 6.07) is 15.9. The molecule has 0 radical (unpaired) electrons. The molecule has 0 atom stereocenters. The van der Waals surface area contributed by atoms with Gasteiger partial charge in [-0.2, -0.15) is 5.26 Å². The molecular weight excluding hydrogens is 408 g/mol. The fraction of sp³-hybridized carbons (Fsp3) is 0.333. The van der Waals surface area contributed by atoms with E-state index < -0.39 is 0 Å². The minimum atomic E-state index is 0.233. The van der Waals surface area contributed by atoms with Crippen LogP contribution in [0.15, 0.2) is 42.5 Å². The van der Waals surface area contributed by atoms with Crippen molar-refractivity contribution in [1.29, 1.82) is 5.26 Å². The first kappa shape index (κ1) is 21.2. The molecule has 160 valence electrons. The summed E-state index contributed by atoms with van der Waals surface area (Å²) >= 11 is 1.64. The van der Waals surface area contributed by atoms with Crippen LogP contribution in [-0.2, 0) is 4.74 Å². The molecule has 0 saturated heterocycles. The molecule has 2 heterocycles. The number of rotatable bonds is 9. The molecule has 4 aromatic rings. The number of anilines is 1. The molecule has 31 heavy (non-hydrogen) atoms. The SMILES string of the molecule is CCOc1ccc2c(c1)sc1nc(-c3ccc(C#N)cc3)c(NCCCOC(C)C)n12. The molecule has 0 unspecified atom stereocenters. The first-order chi connectivity index (χ1) is 15.1. The molecular formula is C24H26N4O2S. The van der Waals surface area contributed by atoms with Crippen LogP contribution in [0.4, 0.5) is 5.82 Å². The number of ether oxygens (including phenoxy) is 2. The Kier molecular flexibility index (Phi) is 6.40. The highest BCUT2D eigenvalue weighted by Crippen LogP contribution is 2.37. The van der Waals surface area contributed by atoms with Gasteiger partial charge in [-0.15, -0.1) is 0 Å². The van der Waals surface area contributed by atoms with Gasteiger partial charge in [0.2, 0.25) is 0 Å². The van der Waals surface area contributed by atoms with E-state index in [9.17, 15) is 0 Å². The number of thiazole rings is 1. The van der Waals surface area contributed by atoms with Crippen molar-refractivity contribution in [2.24, 2.45) is 0 Å². The lowest BCUT2D eigenvalue weighted by Crippen LogP contribution is -2.10. The Hall–Kier alpha value is -3.08. The first-order valence-electron chi connectivity index (χ1n) is 10.5. The van der Waals surface area contributed by atoms with Gasteiger partial charge in [-0.1, -0.05) is 23.5 Å². The zero-order chi connectivity index (χ0) is 21.8. The van der Waals surface area contributed by atoms with Gasteiger partial charge in [0, 0.05) is 18.7 Å². The summed E-state index contributed by atoms with van der Waals surface area (Å²) in [6.45, 7) is 8.21. The number of nitrogens with one attached hydrogen (secondary N) is 1. The molecule has 0 spiro atoms. The van der Waals surface area contributed by atoms with Gasteiger partial charge in [0.05, 0.1) is 34.6 Å². The lowest BCUT2D eigenvalue weighted by atomic mass is 10.1. The van der Waals surface area contributed by atoms with E-state index in [2.05, 4.69) is 27.9 Å². The van der Waals surface area contributed by atoms with E-state index in [0.29, 0.717) is 18.8 Å². The Bertz CT molecular complexity index is 1220. The quantitative estimate of drug-likeness (QED) is 0.342. The largest absolute Gasteiger partial charge is 0.494 e. The number of fused-ring (bicyclic) bond motifs is 3. The standard InChI is InChI=1S/C24H26N4O2S/c1-4-29-19-10-11-20-21(14-19)31-24-27-22(18-8-6-17(15-25)7-9-18)23(28(20)24)26-12-5-13-30-16(2)3/h6-11,14,16,26H,4-5,12-13H2,1-3H3. The van der Waals surface area contributed by atoms with Gasteiger partial charge in [0.25, 0.3) is 0 Å². The number of nitriles is 1. The molecule has 0 aliphatic rings. The second-order valence-electron chi connectivity index (χ2n) is 7.48. The van der Waals surface area contributed by atoms with Crippen LogP contribution in [0.1, 0.15) is 32.8 Å². The van der Waals surface area contributed by atoms with Crippen molar-refractivity contribution in [1.82, 2.24) is 9.38 Å². The minimum Gasteiger partial charge on any atom is -0.494 e. The van der Waals surface area contributed by atoms with Crippen LogP contribution in [0.3, 0.4) is 0 Å². The van der Waals surface area contributed by atoms with Gasteiger partial charge >= 0.3 is 0 Å². The molecule has 2 aromatic carbocycles. The molecule has 0 aliphatic carbocycles. The van der Waals surface area contributed by atoms with Gasteiger partial charge in [-0.05, 0) is 57.5 Å². The molecule has 0 saturated carbocycles. The molecule has 2 aromatic heterocycles. The lowest BCUT2D eigenvalue weighted by molar-refractivity contribution is 0.0787. The third kappa shape index (κ3) is 4.50. The molecule has 0 amide bonds. The molecule has 0 bridgehead atoms. The van der Waals surface area contributed by atoms with Crippen molar-refractivity contribution < 1.29 is 9.47 Å². The Morgan fingerprint density at radius 3 is 2.71 bits per heavy atom. The van der Waals surface area contributed by atoms with Crippen molar-refractivity contribution >= 4 is 32.3 Å². The van der Waals surface area contributed by atoms with Crippen LogP contribution in [0.2, 0.25) is 0 Å².